The van der Waals surface area contributed by atoms with Gasteiger partial charge in [0.2, 0.25) is 4.77 Å². The zero-order chi connectivity index (χ0) is 17.4. The third-order valence-electron chi connectivity index (χ3n) is 4.55. The van der Waals surface area contributed by atoms with Crippen LogP contribution in [0.15, 0.2) is 30.5 Å². The number of aromatic nitrogens is 5. The molecule has 7 nitrogen and oxygen atoms in total. The van der Waals surface area contributed by atoms with Gasteiger partial charge in [-0.15, -0.1) is 5.10 Å². The summed E-state index contributed by atoms with van der Waals surface area (Å²) in [5.41, 5.74) is 2.03. The molecule has 1 aliphatic rings. The fraction of sp³-hybridized carbons (Fsp3) is 0.412. The molecule has 4 heterocycles. The average Bonchev–Trinajstić information content (AvgIpc) is 2.92. The van der Waals surface area contributed by atoms with E-state index in [2.05, 4.69) is 30.9 Å². The lowest BCUT2D eigenvalue weighted by atomic mass is 10.3. The Kier molecular flexibility index (Phi) is 4.22. The average molecular weight is 355 g/mol. The molecule has 0 amide bonds. The van der Waals surface area contributed by atoms with Crippen molar-refractivity contribution in [2.24, 2.45) is 0 Å². The maximum Gasteiger partial charge on any atom is 0.254 e. The van der Waals surface area contributed by atoms with Gasteiger partial charge in [0.05, 0.1) is 6.67 Å². The number of aryl methyl sites for hydroxylation is 2. The Morgan fingerprint density at radius 3 is 2.64 bits per heavy atom. The zero-order valence-corrected chi connectivity index (χ0v) is 15.3. The van der Waals surface area contributed by atoms with Crippen LogP contribution in [-0.4, -0.2) is 55.2 Å². The molecule has 0 radical (unpaired) electrons. The van der Waals surface area contributed by atoms with Crippen LogP contribution in [0.25, 0.3) is 5.78 Å². The topological polar surface area (TPSA) is 54.5 Å². The summed E-state index contributed by atoms with van der Waals surface area (Å²) in [5.74, 6) is 1.72. The Balaban J connectivity index is 1.49. The van der Waals surface area contributed by atoms with E-state index in [-0.39, 0.29) is 0 Å². The molecule has 0 saturated carbocycles. The molecule has 130 valence electrons. The number of fused-ring (bicyclic) bond motifs is 1. The van der Waals surface area contributed by atoms with Gasteiger partial charge in [0.1, 0.15) is 5.82 Å². The van der Waals surface area contributed by atoms with Gasteiger partial charge in [-0.2, -0.15) is 0 Å². The second kappa shape index (κ2) is 6.53. The molecule has 1 saturated heterocycles. The lowest BCUT2D eigenvalue weighted by Gasteiger charge is -2.35. The van der Waals surface area contributed by atoms with Crippen molar-refractivity contribution in [2.75, 3.05) is 31.1 Å². The van der Waals surface area contributed by atoms with Gasteiger partial charge in [-0.1, -0.05) is 6.07 Å². The van der Waals surface area contributed by atoms with Gasteiger partial charge in [-0.25, -0.2) is 14.6 Å². The minimum absolute atomic E-state index is 0.676. The summed E-state index contributed by atoms with van der Waals surface area (Å²) >= 11 is 5.60. The van der Waals surface area contributed by atoms with E-state index >= 15 is 0 Å². The van der Waals surface area contributed by atoms with Crippen LogP contribution in [0.5, 0.6) is 0 Å². The van der Waals surface area contributed by atoms with E-state index in [0.717, 1.165) is 43.4 Å². The smallest absolute Gasteiger partial charge is 0.254 e. The van der Waals surface area contributed by atoms with Crippen LogP contribution < -0.4 is 4.90 Å². The summed E-state index contributed by atoms with van der Waals surface area (Å²) in [5, 5.41) is 4.60. The van der Waals surface area contributed by atoms with Crippen molar-refractivity contribution in [2.45, 2.75) is 20.5 Å². The second-order valence-corrected chi connectivity index (χ2v) is 6.76. The van der Waals surface area contributed by atoms with Crippen LogP contribution >= 0.6 is 12.2 Å². The highest BCUT2D eigenvalue weighted by molar-refractivity contribution is 7.71. The van der Waals surface area contributed by atoms with E-state index in [1.54, 1.807) is 0 Å². The second-order valence-electron chi connectivity index (χ2n) is 6.39. The third kappa shape index (κ3) is 3.14. The summed E-state index contributed by atoms with van der Waals surface area (Å²) in [7, 11) is 0. The molecule has 1 aliphatic heterocycles. The first-order valence-corrected chi connectivity index (χ1v) is 8.85. The molecule has 3 aromatic rings. The molecule has 4 rings (SSSR count). The molecular formula is C17H21N7S. The first-order valence-electron chi connectivity index (χ1n) is 8.44. The van der Waals surface area contributed by atoms with Gasteiger partial charge in [0.15, 0.2) is 0 Å². The number of anilines is 1. The van der Waals surface area contributed by atoms with Crippen LogP contribution in [0.1, 0.15) is 11.4 Å². The van der Waals surface area contributed by atoms with Crippen molar-refractivity contribution in [3.05, 3.63) is 46.6 Å². The highest BCUT2D eigenvalue weighted by atomic mass is 32.1. The molecule has 0 spiro atoms. The van der Waals surface area contributed by atoms with Gasteiger partial charge in [0, 0.05) is 43.8 Å². The summed E-state index contributed by atoms with van der Waals surface area (Å²) in [6.45, 7) is 8.52. The van der Waals surface area contributed by atoms with E-state index in [4.69, 9.17) is 12.2 Å². The lowest BCUT2D eigenvalue weighted by molar-refractivity contribution is 0.194. The Hall–Kier alpha value is -2.32. The Labute approximate surface area is 151 Å². The third-order valence-corrected chi connectivity index (χ3v) is 4.94. The summed E-state index contributed by atoms with van der Waals surface area (Å²) in [6, 6.07) is 8.07. The quantitative estimate of drug-likeness (QED) is 0.670. The van der Waals surface area contributed by atoms with E-state index in [0.29, 0.717) is 17.2 Å². The minimum atomic E-state index is 0.676. The SMILES string of the molecule is Cc1cc(C)n2c(=S)n(CN3CCN(c4ccccn4)CC3)nc2n1. The van der Waals surface area contributed by atoms with Gasteiger partial charge >= 0.3 is 0 Å². The van der Waals surface area contributed by atoms with Gasteiger partial charge in [-0.3, -0.25) is 9.30 Å². The molecule has 0 aromatic carbocycles. The fourth-order valence-corrected chi connectivity index (χ4v) is 3.60. The van der Waals surface area contributed by atoms with Crippen LogP contribution in [-0.2, 0) is 6.67 Å². The van der Waals surface area contributed by atoms with Crippen molar-refractivity contribution in [3.63, 3.8) is 0 Å². The molecule has 1 fully saturated rings. The van der Waals surface area contributed by atoms with Gasteiger partial charge in [-0.05, 0) is 44.3 Å². The van der Waals surface area contributed by atoms with Gasteiger partial charge in [0.25, 0.3) is 5.78 Å². The summed E-state index contributed by atoms with van der Waals surface area (Å²) in [4.78, 5) is 13.6. The van der Waals surface area contributed by atoms with Crippen LogP contribution in [0.4, 0.5) is 5.82 Å². The summed E-state index contributed by atoms with van der Waals surface area (Å²) in [6.07, 6.45) is 1.84. The molecule has 0 N–H and O–H groups in total. The van der Waals surface area contributed by atoms with Crippen molar-refractivity contribution in [1.29, 1.82) is 0 Å². The minimum Gasteiger partial charge on any atom is -0.354 e. The Bertz CT molecular complexity index is 939. The number of rotatable bonds is 3. The van der Waals surface area contributed by atoms with E-state index in [9.17, 15) is 0 Å². The number of pyridine rings is 1. The highest BCUT2D eigenvalue weighted by Gasteiger charge is 2.19. The van der Waals surface area contributed by atoms with Crippen LogP contribution in [0, 0.1) is 18.6 Å². The molecule has 0 aliphatic carbocycles. The number of hydrogen-bond donors (Lipinski definition) is 0. The van der Waals surface area contributed by atoms with E-state index in [1.165, 1.54) is 0 Å². The zero-order valence-electron chi connectivity index (χ0n) is 14.5. The molecule has 0 unspecified atom stereocenters. The normalized spacial score (nSPS) is 15.8. The fourth-order valence-electron chi connectivity index (χ4n) is 3.28. The molecule has 8 heteroatoms. The van der Waals surface area contributed by atoms with Gasteiger partial charge < -0.3 is 4.90 Å². The van der Waals surface area contributed by atoms with E-state index in [1.807, 2.05) is 47.3 Å². The first kappa shape index (κ1) is 16.2. The Morgan fingerprint density at radius 2 is 1.92 bits per heavy atom. The van der Waals surface area contributed by atoms with Crippen molar-refractivity contribution in [3.8, 4) is 0 Å². The summed E-state index contributed by atoms with van der Waals surface area (Å²) < 4.78 is 4.51. The molecule has 0 atom stereocenters. The molecule has 25 heavy (non-hydrogen) atoms. The number of nitrogens with zero attached hydrogens (tertiary/aromatic N) is 7. The van der Waals surface area contributed by atoms with Crippen LogP contribution in [0.3, 0.4) is 0 Å². The van der Waals surface area contributed by atoms with Crippen LogP contribution in [0.2, 0.25) is 0 Å². The lowest BCUT2D eigenvalue weighted by Crippen LogP contribution is -2.47. The predicted molar refractivity (Wildman–Crippen MR) is 99.3 cm³/mol. The van der Waals surface area contributed by atoms with Crippen molar-refractivity contribution >= 4 is 23.8 Å². The Morgan fingerprint density at radius 1 is 1.12 bits per heavy atom. The predicted octanol–water partition coefficient (Wildman–Crippen LogP) is 2.05. The van der Waals surface area contributed by atoms with Crippen molar-refractivity contribution < 1.29 is 0 Å². The molecule has 0 bridgehead atoms. The number of hydrogen-bond acceptors (Lipinski definition) is 6. The monoisotopic (exact) mass is 355 g/mol. The highest BCUT2D eigenvalue weighted by Crippen LogP contribution is 2.14. The maximum atomic E-state index is 5.60. The number of piperazine rings is 1. The largest absolute Gasteiger partial charge is 0.354 e. The van der Waals surface area contributed by atoms with E-state index < -0.39 is 0 Å². The van der Waals surface area contributed by atoms with Crippen molar-refractivity contribution in [1.82, 2.24) is 29.0 Å². The standard InChI is InChI=1S/C17H21N7S/c1-13-11-14(2)24-16(19-13)20-23(17(24)25)12-21-7-9-22(10-8-21)15-5-3-4-6-18-15/h3-6,11H,7-10,12H2,1-2H3. The maximum absolute atomic E-state index is 5.60. The first-order chi connectivity index (χ1) is 12.1. The molecular weight excluding hydrogens is 334 g/mol. The molecule has 3 aromatic heterocycles.